The van der Waals surface area contributed by atoms with Gasteiger partial charge in [-0.25, -0.2) is 13.6 Å². The minimum atomic E-state index is -3.67. The van der Waals surface area contributed by atoms with E-state index in [0.717, 1.165) is 18.8 Å². The SMILES string of the molecule is CCCC1CCC(Nc2ccccc2S(N)(=O)=O)CC1. The summed E-state index contributed by atoms with van der Waals surface area (Å²) >= 11 is 0. The minimum Gasteiger partial charge on any atom is -0.381 e. The van der Waals surface area contributed by atoms with Gasteiger partial charge < -0.3 is 5.32 Å². The summed E-state index contributed by atoms with van der Waals surface area (Å²) in [4.78, 5) is 0.190. The Bertz CT molecular complexity index is 535. The lowest BCUT2D eigenvalue weighted by atomic mass is 9.83. The maximum Gasteiger partial charge on any atom is 0.240 e. The Labute approximate surface area is 121 Å². The molecule has 0 bridgehead atoms. The lowest BCUT2D eigenvalue weighted by Gasteiger charge is -2.30. The first-order chi connectivity index (χ1) is 9.50. The fraction of sp³-hybridized carbons (Fsp3) is 0.600. The van der Waals surface area contributed by atoms with E-state index in [1.54, 1.807) is 18.2 Å². The maximum atomic E-state index is 11.6. The fourth-order valence-corrected chi connectivity index (χ4v) is 3.76. The normalized spacial score (nSPS) is 23.5. The third-order valence-corrected chi connectivity index (χ3v) is 5.07. The first-order valence-electron chi connectivity index (χ1n) is 7.39. The molecule has 2 rings (SSSR count). The highest BCUT2D eigenvalue weighted by Gasteiger charge is 2.22. The molecule has 0 radical (unpaired) electrons. The van der Waals surface area contributed by atoms with Gasteiger partial charge >= 0.3 is 0 Å². The van der Waals surface area contributed by atoms with Gasteiger partial charge in [0.2, 0.25) is 10.0 Å². The summed E-state index contributed by atoms with van der Waals surface area (Å²) in [5.74, 6) is 0.839. The Kier molecular flexibility index (Phi) is 5.05. The number of sulfonamides is 1. The molecule has 0 unspecified atom stereocenters. The van der Waals surface area contributed by atoms with Gasteiger partial charge in [-0.1, -0.05) is 31.9 Å². The molecule has 112 valence electrons. The molecule has 3 N–H and O–H groups in total. The first kappa shape index (κ1) is 15.3. The number of rotatable bonds is 5. The van der Waals surface area contributed by atoms with Crippen molar-refractivity contribution in [2.75, 3.05) is 5.32 Å². The number of para-hydroxylation sites is 1. The van der Waals surface area contributed by atoms with Gasteiger partial charge in [-0.15, -0.1) is 0 Å². The molecular weight excluding hydrogens is 272 g/mol. The molecule has 0 amide bonds. The van der Waals surface area contributed by atoms with Crippen LogP contribution in [0.15, 0.2) is 29.2 Å². The predicted molar refractivity (Wildman–Crippen MR) is 82.1 cm³/mol. The van der Waals surface area contributed by atoms with Crippen LogP contribution >= 0.6 is 0 Å². The first-order valence-corrected chi connectivity index (χ1v) is 8.93. The molecule has 0 aliphatic heterocycles. The van der Waals surface area contributed by atoms with Crippen LogP contribution in [0.1, 0.15) is 45.4 Å². The molecule has 0 saturated heterocycles. The van der Waals surface area contributed by atoms with E-state index in [4.69, 9.17) is 5.14 Å². The zero-order valence-corrected chi connectivity index (χ0v) is 12.8. The molecule has 1 aromatic rings. The van der Waals surface area contributed by atoms with Crippen LogP contribution in [-0.2, 0) is 10.0 Å². The van der Waals surface area contributed by atoms with Crippen LogP contribution in [0, 0.1) is 5.92 Å². The molecule has 5 heteroatoms. The van der Waals surface area contributed by atoms with Crippen molar-refractivity contribution in [1.29, 1.82) is 0 Å². The average molecular weight is 296 g/mol. The molecule has 1 aromatic carbocycles. The number of nitrogens with two attached hydrogens (primary N) is 1. The Morgan fingerprint density at radius 2 is 1.85 bits per heavy atom. The van der Waals surface area contributed by atoms with Gasteiger partial charge in [0.25, 0.3) is 0 Å². The highest BCUT2D eigenvalue weighted by molar-refractivity contribution is 7.89. The van der Waals surface area contributed by atoms with Crippen LogP contribution in [0.2, 0.25) is 0 Å². The molecule has 0 aromatic heterocycles. The number of benzene rings is 1. The monoisotopic (exact) mass is 296 g/mol. The van der Waals surface area contributed by atoms with Crippen molar-refractivity contribution in [2.24, 2.45) is 11.1 Å². The zero-order chi connectivity index (χ0) is 14.6. The van der Waals surface area contributed by atoms with E-state index >= 15 is 0 Å². The summed E-state index contributed by atoms with van der Waals surface area (Å²) in [7, 11) is -3.67. The van der Waals surface area contributed by atoms with Gasteiger partial charge in [-0.3, -0.25) is 0 Å². The van der Waals surface area contributed by atoms with E-state index < -0.39 is 10.0 Å². The van der Waals surface area contributed by atoms with Crippen molar-refractivity contribution < 1.29 is 8.42 Å². The van der Waals surface area contributed by atoms with Crippen molar-refractivity contribution >= 4 is 15.7 Å². The van der Waals surface area contributed by atoms with Gasteiger partial charge in [0.05, 0.1) is 5.69 Å². The van der Waals surface area contributed by atoms with Gasteiger partial charge in [-0.05, 0) is 43.7 Å². The fourth-order valence-electron chi connectivity index (χ4n) is 3.06. The van der Waals surface area contributed by atoms with Crippen LogP contribution in [-0.4, -0.2) is 14.5 Å². The molecule has 1 aliphatic rings. The number of hydrogen-bond acceptors (Lipinski definition) is 3. The van der Waals surface area contributed by atoms with Crippen molar-refractivity contribution in [1.82, 2.24) is 0 Å². The van der Waals surface area contributed by atoms with E-state index in [1.807, 2.05) is 6.07 Å². The Morgan fingerprint density at radius 3 is 2.45 bits per heavy atom. The van der Waals surface area contributed by atoms with Crippen molar-refractivity contribution in [3.63, 3.8) is 0 Å². The molecule has 0 heterocycles. The molecule has 4 nitrogen and oxygen atoms in total. The predicted octanol–water partition coefficient (Wildman–Crippen LogP) is 3.10. The second-order valence-electron chi connectivity index (χ2n) is 5.69. The van der Waals surface area contributed by atoms with Crippen LogP contribution < -0.4 is 10.5 Å². The lowest BCUT2D eigenvalue weighted by Crippen LogP contribution is -2.27. The van der Waals surface area contributed by atoms with E-state index in [2.05, 4.69) is 12.2 Å². The number of nitrogens with one attached hydrogen (secondary N) is 1. The highest BCUT2D eigenvalue weighted by Crippen LogP contribution is 2.30. The zero-order valence-electron chi connectivity index (χ0n) is 12.0. The van der Waals surface area contributed by atoms with Crippen molar-refractivity contribution in [2.45, 2.75) is 56.4 Å². The highest BCUT2D eigenvalue weighted by atomic mass is 32.2. The minimum absolute atomic E-state index is 0.190. The summed E-state index contributed by atoms with van der Waals surface area (Å²) in [5, 5.41) is 8.62. The standard InChI is InChI=1S/C15H24N2O2S/c1-2-5-12-8-10-13(11-9-12)17-14-6-3-4-7-15(14)20(16,18)19/h3-4,6-7,12-13,17H,2,5,8-11H2,1H3,(H2,16,18,19). The van der Waals surface area contributed by atoms with Crippen LogP contribution in [0.5, 0.6) is 0 Å². The van der Waals surface area contributed by atoms with Gasteiger partial charge in [-0.2, -0.15) is 0 Å². The van der Waals surface area contributed by atoms with Crippen molar-refractivity contribution in [3.05, 3.63) is 24.3 Å². The molecule has 0 atom stereocenters. The Balaban J connectivity index is 2.02. The molecule has 1 aliphatic carbocycles. The molecule has 1 fully saturated rings. The lowest BCUT2D eigenvalue weighted by molar-refractivity contribution is 0.318. The van der Waals surface area contributed by atoms with E-state index in [0.29, 0.717) is 11.7 Å². The smallest absolute Gasteiger partial charge is 0.240 e. The van der Waals surface area contributed by atoms with E-state index in [1.165, 1.54) is 25.7 Å². The second kappa shape index (κ2) is 6.59. The molecule has 20 heavy (non-hydrogen) atoms. The number of anilines is 1. The Hall–Kier alpha value is -1.07. The third kappa shape index (κ3) is 3.96. The largest absolute Gasteiger partial charge is 0.381 e. The second-order valence-corrected chi connectivity index (χ2v) is 7.22. The van der Waals surface area contributed by atoms with Gasteiger partial charge in [0.15, 0.2) is 0 Å². The van der Waals surface area contributed by atoms with Crippen LogP contribution in [0.4, 0.5) is 5.69 Å². The summed E-state index contributed by atoms with van der Waals surface area (Å²) in [5.41, 5.74) is 0.633. The topological polar surface area (TPSA) is 72.2 Å². The van der Waals surface area contributed by atoms with Crippen LogP contribution in [0.3, 0.4) is 0 Å². The summed E-state index contributed by atoms with van der Waals surface area (Å²) in [6.07, 6.45) is 7.21. The van der Waals surface area contributed by atoms with Gasteiger partial charge in [0.1, 0.15) is 4.90 Å². The van der Waals surface area contributed by atoms with Crippen molar-refractivity contribution in [3.8, 4) is 0 Å². The average Bonchev–Trinajstić information content (AvgIpc) is 2.41. The molecule has 1 saturated carbocycles. The van der Waals surface area contributed by atoms with Crippen LogP contribution in [0.25, 0.3) is 0 Å². The quantitative estimate of drug-likeness (QED) is 0.877. The summed E-state index contributed by atoms with van der Waals surface area (Å²) in [6.45, 7) is 2.23. The maximum absolute atomic E-state index is 11.6. The van der Waals surface area contributed by atoms with E-state index in [9.17, 15) is 8.42 Å². The Morgan fingerprint density at radius 1 is 1.20 bits per heavy atom. The number of primary sulfonamides is 1. The number of hydrogen-bond donors (Lipinski definition) is 2. The third-order valence-electron chi connectivity index (χ3n) is 4.10. The molecule has 0 spiro atoms. The van der Waals surface area contributed by atoms with E-state index in [-0.39, 0.29) is 4.90 Å². The van der Waals surface area contributed by atoms with Gasteiger partial charge in [0, 0.05) is 6.04 Å². The molecular formula is C15H24N2O2S. The summed E-state index contributed by atoms with van der Waals surface area (Å²) in [6, 6.07) is 7.23. The summed E-state index contributed by atoms with van der Waals surface area (Å²) < 4.78 is 23.1.